The van der Waals surface area contributed by atoms with Gasteiger partial charge in [0.05, 0.1) is 17.6 Å². The molecule has 1 N–H and O–H groups in total. The third kappa shape index (κ3) is 4.62. The van der Waals surface area contributed by atoms with Crippen LogP contribution in [0.1, 0.15) is 18.7 Å². The molecule has 160 valence electrons. The summed E-state index contributed by atoms with van der Waals surface area (Å²) in [6.45, 7) is 11.2. The minimum Gasteiger partial charge on any atom is -0.437 e. The van der Waals surface area contributed by atoms with Crippen molar-refractivity contribution in [1.82, 2.24) is 14.5 Å². The van der Waals surface area contributed by atoms with Crippen LogP contribution in [-0.4, -0.2) is 69.7 Å². The summed E-state index contributed by atoms with van der Waals surface area (Å²) in [4.78, 5) is 8.48. The summed E-state index contributed by atoms with van der Waals surface area (Å²) < 4.78 is 34.5. The Morgan fingerprint density at radius 3 is 2.77 bits per heavy atom. The maximum absolute atomic E-state index is 11.5. The minimum atomic E-state index is -1.67. The van der Waals surface area contributed by atoms with Gasteiger partial charge in [0.25, 0.3) is 14.9 Å². The highest BCUT2D eigenvalue weighted by Crippen LogP contribution is 2.42. The lowest BCUT2D eigenvalue weighted by Gasteiger charge is -2.30. The van der Waals surface area contributed by atoms with Gasteiger partial charge in [-0.3, -0.25) is 0 Å². The third-order valence-electron chi connectivity index (χ3n) is 4.82. The molecule has 7 nitrogen and oxygen atoms in total. The molecule has 4 atom stereocenters. The van der Waals surface area contributed by atoms with E-state index in [1.54, 1.807) is 31.3 Å². The van der Waals surface area contributed by atoms with Crippen LogP contribution in [0.3, 0.4) is 0 Å². The molecule has 0 radical (unpaired) electrons. The maximum atomic E-state index is 11.5. The zero-order valence-electron chi connectivity index (χ0n) is 20.1. The number of ether oxygens (including phenoxy) is 1. The van der Waals surface area contributed by atoms with Crippen molar-refractivity contribution in [2.24, 2.45) is 0 Å². The highest BCUT2D eigenvalue weighted by Gasteiger charge is 2.54. The molecule has 0 aliphatic carbocycles. The normalized spacial score (nSPS) is 27.4. The van der Waals surface area contributed by atoms with Gasteiger partial charge in [-0.15, -0.1) is 5.54 Å². The zero-order valence-corrected chi connectivity index (χ0v) is 19.9. The Labute approximate surface area is 187 Å². The van der Waals surface area contributed by atoms with Gasteiger partial charge in [-0.2, -0.15) is 0 Å². The largest absolute Gasteiger partial charge is 0.437 e. The summed E-state index contributed by atoms with van der Waals surface area (Å²) in [7, 11) is -3.32. The summed E-state index contributed by atoms with van der Waals surface area (Å²) in [5, 5.41) is 12.3. The molecule has 1 aliphatic rings. The van der Waals surface area contributed by atoms with Gasteiger partial charge in [-0.1, -0.05) is 50.8 Å². The molecule has 3 heterocycles. The van der Waals surface area contributed by atoms with Crippen molar-refractivity contribution < 1.29 is 19.2 Å². The molecule has 1 fully saturated rings. The van der Waals surface area contributed by atoms with Gasteiger partial charge in [-0.05, 0) is 6.92 Å². The van der Waals surface area contributed by atoms with Gasteiger partial charge >= 0.3 is 0 Å². The summed E-state index contributed by atoms with van der Waals surface area (Å²) in [6, 6.07) is 0. The number of fused-ring (bicyclic) bond motifs is 1. The molecule has 0 saturated carbocycles. The fourth-order valence-electron chi connectivity index (χ4n) is 3.50. The number of hydrogen-bond acceptors (Lipinski definition) is 6. The molecule has 30 heavy (non-hydrogen) atoms. The Bertz CT molecular complexity index is 1040. The number of aliphatic hydroxyl groups is 1. The fraction of sp³-hybridized carbons (Fsp3) is 0.579. The molecule has 0 aromatic carbocycles. The van der Waals surface area contributed by atoms with Crippen LogP contribution in [0.4, 0.5) is 0 Å². The van der Waals surface area contributed by atoms with Gasteiger partial charge in [0.1, 0.15) is 43.0 Å². The quantitative estimate of drug-likeness (QED) is 0.414. The molecule has 2 aromatic heterocycles. The first kappa shape index (κ1) is 20.6. The van der Waals surface area contributed by atoms with Crippen LogP contribution in [-0.2, 0) is 14.0 Å². The predicted molar refractivity (Wildman–Crippen MR) is 124 cm³/mol. The van der Waals surface area contributed by atoms with Crippen LogP contribution >= 0.6 is 11.6 Å². The van der Waals surface area contributed by atoms with Gasteiger partial charge in [0, 0.05) is 8.87 Å². The van der Waals surface area contributed by atoms with Gasteiger partial charge in [0.2, 0.25) is 0 Å². The molecule has 2 unspecified atom stereocenters. The van der Waals surface area contributed by atoms with Crippen molar-refractivity contribution in [2.45, 2.75) is 64.2 Å². The monoisotopic (exact) mass is 449 g/mol. The van der Waals surface area contributed by atoms with Gasteiger partial charge in [-0.25, -0.2) is 9.97 Å². The highest BCUT2D eigenvalue weighted by atomic mass is 35.5. The number of hydrogen-bond donors (Lipinski definition) is 1. The van der Waals surface area contributed by atoms with Gasteiger partial charge < -0.3 is 23.7 Å². The molecule has 1 aliphatic heterocycles. The summed E-state index contributed by atoms with van der Waals surface area (Å²) in [5.74, 6) is 3.21. The average molecular weight is 450 g/mol. The minimum absolute atomic E-state index is 0.0337. The molecule has 11 heteroatoms. The Balaban J connectivity index is 2.10. The Kier molecular flexibility index (Phi) is 6.19. The van der Waals surface area contributed by atoms with Crippen LogP contribution in [0.2, 0.25) is 38.4 Å². The lowest BCUT2D eigenvalue weighted by atomic mass is 9.93. The second-order valence-electron chi connectivity index (χ2n) is 8.43. The van der Waals surface area contributed by atoms with E-state index in [1.165, 1.54) is 6.33 Å². The van der Waals surface area contributed by atoms with Gasteiger partial charge in [0.15, 0.2) is 6.23 Å². The van der Waals surface area contributed by atoms with Crippen LogP contribution in [0, 0.1) is 11.5 Å². The Morgan fingerprint density at radius 1 is 1.40 bits per heavy atom. The number of halogens is 1. The molecule has 0 bridgehead atoms. The van der Waals surface area contributed by atoms with Crippen molar-refractivity contribution >= 4 is 45.6 Å². The van der Waals surface area contributed by atoms with E-state index in [0.29, 0.717) is 16.6 Å². The van der Waals surface area contributed by atoms with Crippen molar-refractivity contribution in [3.8, 4) is 11.5 Å². The number of rotatable bonds is 6. The van der Waals surface area contributed by atoms with Crippen molar-refractivity contribution in [3.63, 3.8) is 0 Å². The van der Waals surface area contributed by atoms with Crippen molar-refractivity contribution in [1.29, 1.82) is 2.67 Å². The summed E-state index contributed by atoms with van der Waals surface area (Å²) in [6.07, 6.45) is 0.654. The van der Waals surface area contributed by atoms with E-state index >= 15 is 0 Å². The second kappa shape index (κ2) is 9.03. The standard InChI is InChI=1S/C19H28B2ClN3O4Si/c1-19(26)15(29-21-3)13(10-27-20-2)28-18(19)25-9-12(7-8-30(4,5)6)14-16(22)23-11-24-17(14)25/h9,11,13,15,18,20-21,26H,10H2,1-6H3/t13-,15-,18?,19?/m1/s1/i20D,21D. The first-order valence-electron chi connectivity index (χ1n) is 11.0. The topological polar surface area (TPSA) is 78.6 Å². The van der Waals surface area contributed by atoms with Crippen LogP contribution in [0.25, 0.3) is 11.0 Å². The molecule has 2 aromatic rings. The zero-order chi connectivity index (χ0) is 23.8. The van der Waals surface area contributed by atoms with Crippen molar-refractivity contribution in [3.05, 3.63) is 23.2 Å². The average Bonchev–Trinajstić information content (AvgIpc) is 3.14. The Hall–Kier alpha value is -1.34. The fourth-order valence-corrected chi connectivity index (χ4v) is 4.24. The van der Waals surface area contributed by atoms with E-state index in [4.69, 9.17) is 28.3 Å². The lowest BCUT2D eigenvalue weighted by molar-refractivity contribution is -0.0915. The van der Waals surface area contributed by atoms with E-state index in [-0.39, 0.29) is 11.8 Å². The smallest absolute Gasteiger partial charge is 0.272 e. The number of aromatic nitrogens is 3. The molecular formula is C19H28B2ClN3O4Si. The first-order valence-corrected chi connectivity index (χ1v) is 13.7. The second-order valence-corrected chi connectivity index (χ2v) is 13.5. The van der Waals surface area contributed by atoms with E-state index < -0.39 is 47.0 Å². The van der Waals surface area contributed by atoms with E-state index in [0.717, 1.165) is 0 Å². The van der Waals surface area contributed by atoms with Crippen LogP contribution in [0.5, 0.6) is 0 Å². The van der Waals surface area contributed by atoms with E-state index in [1.807, 2.05) is 0 Å². The third-order valence-corrected chi connectivity index (χ3v) is 5.98. The Morgan fingerprint density at radius 2 is 2.13 bits per heavy atom. The summed E-state index contributed by atoms with van der Waals surface area (Å²) >= 11 is 6.40. The van der Waals surface area contributed by atoms with Crippen molar-refractivity contribution in [2.75, 3.05) is 6.61 Å². The predicted octanol–water partition coefficient (Wildman–Crippen LogP) is 2.16. The molecule has 3 rings (SSSR count). The van der Waals surface area contributed by atoms with E-state index in [9.17, 15) is 5.11 Å². The molecule has 0 amide bonds. The first-order chi connectivity index (χ1) is 14.8. The maximum Gasteiger partial charge on any atom is 0.272 e. The van der Waals surface area contributed by atoms with Crippen LogP contribution in [0.15, 0.2) is 12.5 Å². The molecule has 0 spiro atoms. The summed E-state index contributed by atoms with van der Waals surface area (Å²) in [5.41, 5.74) is 2.93. The highest BCUT2D eigenvalue weighted by molar-refractivity contribution is 6.83. The van der Waals surface area contributed by atoms with Crippen LogP contribution < -0.4 is 0 Å². The SMILES string of the molecule is [2H]B(C)OC[C@H]1OC(n2cc(C#C[Si](C)(C)C)c3c(Cl)ncnc32)C(C)(O)[C@@H]1OB([2H])C. The molecular weight excluding hydrogens is 419 g/mol. The number of nitrogens with zero attached hydrogens (tertiary/aromatic N) is 3. The lowest BCUT2D eigenvalue weighted by Crippen LogP contribution is -2.46. The molecule has 1 saturated heterocycles. The van der Waals surface area contributed by atoms with E-state index in [2.05, 4.69) is 41.1 Å².